The first-order valence-corrected chi connectivity index (χ1v) is 10.5. The van der Waals surface area contributed by atoms with Crippen LogP contribution in [0.25, 0.3) is 5.78 Å². The molecule has 30 heavy (non-hydrogen) atoms. The molecule has 0 radical (unpaired) electrons. The number of thioether (sulfide) groups is 1. The third-order valence-corrected chi connectivity index (χ3v) is 4.78. The molecule has 1 amide bonds. The molecule has 3 aromatic heterocycles. The minimum atomic E-state index is -0.218. The maximum absolute atomic E-state index is 12.5. The number of rotatable bonds is 10. The highest BCUT2D eigenvalue weighted by Crippen LogP contribution is 2.21. The Kier molecular flexibility index (Phi) is 7.02. The van der Waals surface area contributed by atoms with Gasteiger partial charge in [-0.25, -0.2) is 9.08 Å². The van der Waals surface area contributed by atoms with Crippen molar-refractivity contribution in [2.45, 2.75) is 38.9 Å². The van der Waals surface area contributed by atoms with Gasteiger partial charge in [0.25, 0.3) is 5.78 Å². The molecule has 0 aliphatic rings. The number of nitrogens with zero attached hydrogens (tertiary/aromatic N) is 8. The molecule has 0 saturated heterocycles. The van der Waals surface area contributed by atoms with Gasteiger partial charge < -0.3 is 16.0 Å². The van der Waals surface area contributed by atoms with E-state index in [0.717, 1.165) is 5.69 Å². The largest absolute Gasteiger partial charge is 0.355 e. The van der Waals surface area contributed by atoms with E-state index in [1.807, 2.05) is 20.8 Å². The molecule has 0 aliphatic heterocycles. The summed E-state index contributed by atoms with van der Waals surface area (Å²) in [5, 5.41) is 30.9. The predicted molar refractivity (Wildman–Crippen MR) is 113 cm³/mol. The van der Waals surface area contributed by atoms with Crippen molar-refractivity contribution in [3.8, 4) is 6.07 Å². The second-order valence-electron chi connectivity index (χ2n) is 6.19. The highest BCUT2D eigenvalue weighted by Gasteiger charge is 2.16. The highest BCUT2D eigenvalue weighted by atomic mass is 32.2. The second kappa shape index (κ2) is 9.88. The van der Waals surface area contributed by atoms with Crippen molar-refractivity contribution in [2.24, 2.45) is 0 Å². The van der Waals surface area contributed by atoms with Crippen molar-refractivity contribution < 1.29 is 4.79 Å². The Morgan fingerprint density at radius 1 is 1.23 bits per heavy atom. The first-order chi connectivity index (χ1) is 14.5. The Labute approximate surface area is 177 Å². The van der Waals surface area contributed by atoms with Gasteiger partial charge in [-0.1, -0.05) is 11.8 Å². The minimum Gasteiger partial charge on any atom is -0.355 e. The number of carbonyl (C=O) groups excluding carboxylic acids is 1. The molecule has 0 fully saturated rings. The van der Waals surface area contributed by atoms with E-state index in [-0.39, 0.29) is 11.7 Å². The van der Waals surface area contributed by atoms with Gasteiger partial charge in [0.2, 0.25) is 17.8 Å². The van der Waals surface area contributed by atoms with Crippen molar-refractivity contribution in [3.63, 3.8) is 0 Å². The first kappa shape index (κ1) is 21.3. The Morgan fingerprint density at radius 2 is 2.03 bits per heavy atom. The lowest BCUT2D eigenvalue weighted by Gasteiger charge is -2.10. The van der Waals surface area contributed by atoms with E-state index in [1.165, 1.54) is 11.8 Å². The van der Waals surface area contributed by atoms with Gasteiger partial charge in [0, 0.05) is 19.2 Å². The van der Waals surface area contributed by atoms with E-state index in [1.54, 1.807) is 15.1 Å². The van der Waals surface area contributed by atoms with E-state index in [9.17, 15) is 4.79 Å². The second-order valence-corrected chi connectivity index (χ2v) is 7.13. The maximum Gasteiger partial charge on any atom is 0.261 e. The molecule has 0 aromatic carbocycles. The predicted octanol–water partition coefficient (Wildman–Crippen LogP) is 1.53. The fourth-order valence-corrected chi connectivity index (χ4v) is 3.41. The zero-order valence-electron chi connectivity index (χ0n) is 17.0. The van der Waals surface area contributed by atoms with E-state index in [4.69, 9.17) is 5.26 Å². The molecule has 0 aliphatic carbocycles. The summed E-state index contributed by atoms with van der Waals surface area (Å²) in [7, 11) is 0. The number of fused-ring (bicyclic) bond motifs is 1. The van der Waals surface area contributed by atoms with Crippen molar-refractivity contribution in [1.82, 2.24) is 34.3 Å². The molecule has 12 nitrogen and oxygen atoms in total. The summed E-state index contributed by atoms with van der Waals surface area (Å²) >= 11 is 1.23. The van der Waals surface area contributed by atoms with Gasteiger partial charge in [-0.15, -0.1) is 10.2 Å². The zero-order valence-corrected chi connectivity index (χ0v) is 17.8. The van der Waals surface area contributed by atoms with Crippen molar-refractivity contribution >= 4 is 41.2 Å². The van der Waals surface area contributed by atoms with Crippen LogP contribution in [0.3, 0.4) is 0 Å². The first-order valence-electron chi connectivity index (χ1n) is 9.50. The lowest BCUT2D eigenvalue weighted by Crippen LogP contribution is -2.18. The van der Waals surface area contributed by atoms with Crippen LogP contribution in [0.1, 0.15) is 26.0 Å². The fraction of sp³-hybridized carbons (Fsp3) is 0.471. The van der Waals surface area contributed by atoms with Crippen molar-refractivity contribution in [3.05, 3.63) is 11.8 Å². The molecule has 0 saturated carbocycles. The van der Waals surface area contributed by atoms with Crippen molar-refractivity contribution in [2.75, 3.05) is 34.8 Å². The van der Waals surface area contributed by atoms with Gasteiger partial charge in [0.15, 0.2) is 5.16 Å². The number of aryl methyl sites for hydroxylation is 2. The van der Waals surface area contributed by atoms with Gasteiger partial charge in [-0.3, -0.25) is 4.79 Å². The normalized spacial score (nSPS) is 10.7. The highest BCUT2D eigenvalue weighted by molar-refractivity contribution is 7.99. The van der Waals surface area contributed by atoms with Gasteiger partial charge in [-0.2, -0.15) is 20.3 Å². The van der Waals surface area contributed by atoms with Crippen LogP contribution in [0.15, 0.2) is 11.2 Å². The molecule has 0 spiro atoms. The molecule has 158 valence electrons. The van der Waals surface area contributed by atoms with Crippen LogP contribution < -0.4 is 16.0 Å². The van der Waals surface area contributed by atoms with E-state index in [2.05, 4.69) is 47.3 Å². The number of nitriles is 1. The van der Waals surface area contributed by atoms with E-state index < -0.39 is 0 Å². The minimum absolute atomic E-state index is 0.115. The molecule has 13 heteroatoms. The summed E-state index contributed by atoms with van der Waals surface area (Å²) in [6.07, 6.45) is 0.312. The zero-order chi connectivity index (χ0) is 21.5. The summed E-state index contributed by atoms with van der Waals surface area (Å²) in [6, 6.07) is 3.85. The SMILES string of the molecule is CCNc1nc(NCC)n2c(SCC(=O)Nc3cc(C)nn3CCC#N)nnc2n1. The molecule has 3 aromatic rings. The molecule has 0 atom stereocenters. The number of amides is 1. The van der Waals surface area contributed by atoms with E-state index >= 15 is 0 Å². The molecular weight excluding hydrogens is 406 g/mol. The standard InChI is InChI=1S/C17H23N11OS/c1-4-19-14-22-15(20-5-2)28-16(23-14)24-25-17(28)30-10-13(29)21-12-9-11(3)26-27(12)8-6-7-18/h9H,4-6,8,10H2,1-3H3,(H,21,29)(H2,19,20,22,23,24). The van der Waals surface area contributed by atoms with Gasteiger partial charge in [-0.05, 0) is 20.8 Å². The Balaban J connectivity index is 1.73. The van der Waals surface area contributed by atoms with Crippen LogP contribution >= 0.6 is 11.8 Å². The van der Waals surface area contributed by atoms with Crippen LogP contribution in [0.5, 0.6) is 0 Å². The van der Waals surface area contributed by atoms with Crippen molar-refractivity contribution in [1.29, 1.82) is 5.26 Å². The third-order valence-electron chi connectivity index (χ3n) is 3.85. The van der Waals surface area contributed by atoms with Crippen LogP contribution in [0.4, 0.5) is 17.7 Å². The van der Waals surface area contributed by atoms with Crippen LogP contribution in [-0.4, -0.2) is 59.1 Å². The van der Waals surface area contributed by atoms with Gasteiger partial charge in [0.1, 0.15) is 5.82 Å². The average Bonchev–Trinajstić information content (AvgIpc) is 3.28. The van der Waals surface area contributed by atoms with Crippen LogP contribution in [-0.2, 0) is 11.3 Å². The third kappa shape index (κ3) is 4.95. The maximum atomic E-state index is 12.5. The monoisotopic (exact) mass is 429 g/mol. The Hall–Kier alpha value is -3.40. The number of anilines is 3. The van der Waals surface area contributed by atoms with E-state index in [0.29, 0.717) is 54.7 Å². The summed E-state index contributed by atoms with van der Waals surface area (Å²) < 4.78 is 3.30. The number of aromatic nitrogens is 7. The molecule has 3 rings (SSSR count). The summed E-state index contributed by atoms with van der Waals surface area (Å²) in [4.78, 5) is 21.3. The fourth-order valence-electron chi connectivity index (χ4n) is 2.68. The number of carbonyl (C=O) groups is 1. The molecular formula is C17H23N11OS. The lowest BCUT2D eigenvalue weighted by molar-refractivity contribution is -0.113. The molecule has 3 heterocycles. The Bertz CT molecular complexity index is 1070. The van der Waals surface area contributed by atoms with Gasteiger partial charge >= 0.3 is 0 Å². The summed E-state index contributed by atoms with van der Waals surface area (Å²) in [5.41, 5.74) is 0.767. The Morgan fingerprint density at radius 3 is 2.77 bits per heavy atom. The number of hydrogen-bond acceptors (Lipinski definition) is 10. The average molecular weight is 430 g/mol. The lowest BCUT2D eigenvalue weighted by atomic mass is 10.4. The van der Waals surface area contributed by atoms with Crippen LogP contribution in [0.2, 0.25) is 0 Å². The number of nitrogens with one attached hydrogen (secondary N) is 3. The molecule has 3 N–H and O–H groups in total. The van der Waals surface area contributed by atoms with Crippen LogP contribution in [0, 0.1) is 18.3 Å². The molecule has 0 bridgehead atoms. The van der Waals surface area contributed by atoms with Gasteiger partial charge in [0.05, 0.1) is 30.5 Å². The smallest absolute Gasteiger partial charge is 0.261 e. The quantitative estimate of drug-likeness (QED) is 0.405. The topological polar surface area (TPSA) is 151 Å². The summed E-state index contributed by atoms with van der Waals surface area (Å²) in [6.45, 7) is 7.51. The summed E-state index contributed by atoms with van der Waals surface area (Å²) in [5.74, 6) is 1.87. The number of hydrogen-bond donors (Lipinski definition) is 3. The molecule has 0 unspecified atom stereocenters.